The highest BCUT2D eigenvalue weighted by atomic mass is 19.4. The van der Waals surface area contributed by atoms with Crippen molar-refractivity contribution in [2.45, 2.75) is 64.0 Å². The average molecular weight is 909 g/mol. The van der Waals surface area contributed by atoms with E-state index in [-0.39, 0.29) is 46.9 Å². The second-order valence-electron chi connectivity index (χ2n) is 16.0. The first-order valence-electron chi connectivity index (χ1n) is 20.9. The van der Waals surface area contributed by atoms with Crippen LogP contribution in [0.25, 0.3) is 0 Å². The first-order chi connectivity index (χ1) is 30.9. The number of alkyl halides is 3. The lowest BCUT2D eigenvalue weighted by Gasteiger charge is -2.36. The van der Waals surface area contributed by atoms with E-state index in [0.29, 0.717) is 40.1 Å². The molecule has 7 rings (SSSR count). The Kier molecular flexibility index (Phi) is 14.8. The lowest BCUT2D eigenvalue weighted by Crippen LogP contribution is -2.42. The van der Waals surface area contributed by atoms with E-state index < -0.39 is 47.9 Å². The maximum absolute atomic E-state index is 15.3. The van der Waals surface area contributed by atoms with Gasteiger partial charge in [0.05, 0.1) is 37.7 Å². The Labute approximate surface area is 374 Å². The van der Waals surface area contributed by atoms with Crippen molar-refractivity contribution >= 4 is 29.2 Å². The molecule has 4 aromatic rings. The van der Waals surface area contributed by atoms with Gasteiger partial charge in [-0.15, -0.1) is 13.2 Å². The minimum Gasteiger partial charge on any atom is -0.508 e. The molecule has 14 nitrogen and oxygen atoms in total. The summed E-state index contributed by atoms with van der Waals surface area (Å²) < 4.78 is 83.7. The number of piperidine rings is 1. The number of rotatable bonds is 7. The average Bonchev–Trinajstić information content (AvgIpc) is 3.53. The molecular weight excluding hydrogens is 856 g/mol. The summed E-state index contributed by atoms with van der Waals surface area (Å²) in [5.41, 5.74) is 3.90. The predicted molar refractivity (Wildman–Crippen MR) is 236 cm³/mol. The quantitative estimate of drug-likeness (QED) is 0.162. The zero-order chi connectivity index (χ0) is 47.3. The Morgan fingerprint density at radius 2 is 1.29 bits per heavy atom. The number of halogens is 5. The van der Waals surface area contributed by atoms with E-state index in [9.17, 15) is 27.9 Å². The van der Waals surface area contributed by atoms with Crippen LogP contribution in [-0.2, 0) is 12.8 Å². The van der Waals surface area contributed by atoms with E-state index in [1.807, 2.05) is 19.2 Å². The fourth-order valence-electron chi connectivity index (χ4n) is 8.12. The van der Waals surface area contributed by atoms with Gasteiger partial charge in [-0.25, -0.2) is 28.4 Å². The third-order valence-electron chi connectivity index (χ3n) is 11.6. The molecule has 65 heavy (non-hydrogen) atoms. The Bertz CT molecular complexity index is 2420. The normalized spacial score (nSPS) is 17.7. The van der Waals surface area contributed by atoms with Crippen LogP contribution in [-0.4, -0.2) is 123 Å². The van der Waals surface area contributed by atoms with Crippen molar-refractivity contribution in [3.63, 3.8) is 0 Å². The Hall–Kier alpha value is -6.63. The van der Waals surface area contributed by atoms with Crippen molar-refractivity contribution in [1.82, 2.24) is 25.6 Å². The fraction of sp³-hybridized carbons (Fsp3) is 0.391. The van der Waals surface area contributed by atoms with Crippen LogP contribution in [0.4, 0.5) is 37.2 Å². The van der Waals surface area contributed by atoms with Crippen molar-refractivity contribution < 1.29 is 50.9 Å². The highest BCUT2D eigenvalue weighted by Crippen LogP contribution is 2.38. The van der Waals surface area contributed by atoms with Crippen LogP contribution >= 0.6 is 0 Å². The molecule has 0 aliphatic carbocycles. The van der Waals surface area contributed by atoms with Crippen LogP contribution in [0.2, 0.25) is 0 Å². The summed E-state index contributed by atoms with van der Waals surface area (Å²) in [6, 6.07) is 15.7. The monoisotopic (exact) mass is 908 g/mol. The summed E-state index contributed by atoms with van der Waals surface area (Å²) in [5.74, 6) is -1.76. The zero-order valence-electron chi connectivity index (χ0n) is 37.4. The summed E-state index contributed by atoms with van der Waals surface area (Å²) in [6.45, 7) is 5.52. The van der Waals surface area contributed by atoms with Crippen LogP contribution in [0.15, 0.2) is 76.9 Å². The number of fused-ring (bicyclic) bond motifs is 2. The second kappa shape index (κ2) is 20.0. The number of carbonyl (C=O) groups is 2. The molecular formula is C46H53F5N8O6. The molecule has 0 radical (unpaired) electrons. The highest BCUT2D eigenvalue weighted by molar-refractivity contribution is 6.15. The topological polar surface area (TPSA) is 144 Å². The van der Waals surface area contributed by atoms with Crippen LogP contribution in [0.1, 0.15) is 60.1 Å². The Morgan fingerprint density at radius 3 is 1.78 bits per heavy atom. The zero-order valence-corrected chi connectivity index (χ0v) is 37.4. The third-order valence-corrected chi connectivity index (χ3v) is 11.6. The van der Waals surface area contributed by atoms with Gasteiger partial charge in [-0.2, -0.15) is 10.2 Å². The number of aromatic hydroxyl groups is 1. The van der Waals surface area contributed by atoms with E-state index in [0.717, 1.165) is 37.7 Å². The number of carbonyl (C=O) groups excluding carboxylic acids is 2. The molecule has 3 heterocycles. The lowest BCUT2D eigenvalue weighted by atomic mass is 9.93. The summed E-state index contributed by atoms with van der Waals surface area (Å²) in [4.78, 5) is 29.4. The smallest absolute Gasteiger partial charge is 0.508 e. The number of nitrogens with one attached hydrogen (secondary N) is 2. The number of nitrogens with zero attached hydrogens (tertiary/aromatic N) is 6. The number of methoxy groups -OCH3 is 2. The molecule has 3 aliphatic rings. The molecule has 19 heteroatoms. The van der Waals surface area contributed by atoms with E-state index in [4.69, 9.17) is 9.47 Å². The molecule has 1 saturated heterocycles. The fourth-order valence-corrected chi connectivity index (χ4v) is 8.12. The minimum absolute atomic E-state index is 0.00639. The third kappa shape index (κ3) is 10.7. The molecule has 3 aliphatic heterocycles. The number of ether oxygens (including phenoxy) is 3. The molecule has 0 spiro atoms. The van der Waals surface area contributed by atoms with Crippen molar-refractivity contribution in [1.29, 1.82) is 0 Å². The second-order valence-corrected chi connectivity index (χ2v) is 16.0. The predicted octanol–water partition coefficient (Wildman–Crippen LogP) is 7.48. The first kappa shape index (κ1) is 47.8. The number of hydrogen-bond donors (Lipinski definition) is 3. The van der Waals surface area contributed by atoms with Crippen LogP contribution in [0.3, 0.4) is 0 Å². The molecule has 1 fully saturated rings. The van der Waals surface area contributed by atoms with Gasteiger partial charge in [0.1, 0.15) is 17.3 Å². The number of urea groups is 2. The first-order valence-corrected chi connectivity index (χ1v) is 20.9. The van der Waals surface area contributed by atoms with E-state index in [1.165, 1.54) is 50.5 Å². The van der Waals surface area contributed by atoms with E-state index in [1.54, 1.807) is 44.2 Å². The molecule has 0 aromatic heterocycles. The SMILES string of the molecule is CNC(=O)N1N=C(c2ccc(N(C)C3CCN(C)CC3)cc2)c2cc(OC(F)(F)F)cc(F)c2C[C@H]1C.CNC(=O)N1N=C(c2ccc(O)cc2)c2cc(OC)c(OC)c(F)c2CC1C. The summed E-state index contributed by atoms with van der Waals surface area (Å²) >= 11 is 0. The van der Waals surface area contributed by atoms with Gasteiger partial charge in [-0.3, -0.25) is 0 Å². The van der Waals surface area contributed by atoms with Crippen LogP contribution in [0.5, 0.6) is 23.0 Å². The van der Waals surface area contributed by atoms with Gasteiger partial charge in [0, 0.05) is 66.8 Å². The standard InChI is InChI=1S/C26H31F4N5O2.C20H22FN3O4/c1-16-13-21-22(14-20(15-23(21)27)37-26(28,29)30)24(32-35(16)25(36)31-2)17-5-7-18(8-6-17)34(4)19-9-11-33(3)12-10-19;1-11-9-14-15(10-16(27-3)19(28-4)17(14)21)18(23-24(11)20(26)22-2)12-5-7-13(25)8-6-12/h5-8,14-16,19H,9-13H2,1-4H3,(H,31,36);5-8,10-11,25H,9H2,1-4H3,(H,22,26)/t16-;/m1./s1. The summed E-state index contributed by atoms with van der Waals surface area (Å²) in [5, 5.41) is 26.2. The lowest BCUT2D eigenvalue weighted by molar-refractivity contribution is -0.274. The number of phenols is 1. The molecule has 2 atom stereocenters. The Morgan fingerprint density at radius 1 is 0.785 bits per heavy atom. The van der Waals surface area contributed by atoms with Gasteiger partial charge >= 0.3 is 18.4 Å². The maximum Gasteiger partial charge on any atom is 0.573 e. The molecule has 0 saturated carbocycles. The van der Waals surface area contributed by atoms with E-state index >= 15 is 8.78 Å². The van der Waals surface area contributed by atoms with Gasteiger partial charge in [0.25, 0.3) is 0 Å². The van der Waals surface area contributed by atoms with Crippen molar-refractivity contribution in [2.24, 2.45) is 10.2 Å². The number of hydrogen-bond acceptors (Lipinski definition) is 10. The van der Waals surface area contributed by atoms with Gasteiger partial charge in [-0.1, -0.05) is 12.1 Å². The largest absolute Gasteiger partial charge is 0.573 e. The highest BCUT2D eigenvalue weighted by Gasteiger charge is 2.35. The molecule has 4 aromatic carbocycles. The van der Waals surface area contributed by atoms with Crippen molar-refractivity contribution in [3.8, 4) is 23.0 Å². The maximum atomic E-state index is 15.3. The number of amides is 4. The number of anilines is 1. The number of hydrazone groups is 2. The molecule has 3 N–H and O–H groups in total. The van der Waals surface area contributed by atoms with E-state index in [2.05, 4.69) is 42.4 Å². The van der Waals surface area contributed by atoms with Crippen LogP contribution in [0, 0.1) is 11.6 Å². The number of phenolic OH excluding ortho intramolecular Hbond substituents is 1. The summed E-state index contributed by atoms with van der Waals surface area (Å²) in [6.07, 6.45) is -2.61. The van der Waals surface area contributed by atoms with Crippen LogP contribution < -0.4 is 29.7 Å². The summed E-state index contributed by atoms with van der Waals surface area (Å²) in [7, 11) is 9.90. The van der Waals surface area contributed by atoms with Gasteiger partial charge in [-0.05, 0) is 114 Å². The molecule has 4 amide bonds. The van der Waals surface area contributed by atoms with Crippen molar-refractivity contribution in [2.75, 3.05) is 60.4 Å². The van der Waals surface area contributed by atoms with Gasteiger partial charge in [0.2, 0.25) is 0 Å². The van der Waals surface area contributed by atoms with Crippen molar-refractivity contribution in [3.05, 3.63) is 112 Å². The molecule has 0 bridgehead atoms. The number of likely N-dealkylation sites (tertiary alicyclic amines) is 1. The minimum atomic E-state index is -4.98. The van der Waals surface area contributed by atoms with Gasteiger partial charge < -0.3 is 39.8 Å². The van der Waals surface area contributed by atoms with Gasteiger partial charge in [0.15, 0.2) is 17.3 Å². The molecule has 348 valence electrons. The molecule has 1 unspecified atom stereocenters. The Balaban J connectivity index is 0.000000224. The number of benzene rings is 4.